The van der Waals surface area contributed by atoms with Gasteiger partial charge < -0.3 is 14.5 Å². The lowest BCUT2D eigenvalue weighted by molar-refractivity contribution is -0.190. The molecule has 0 spiro atoms. The Kier molecular flexibility index (Phi) is 11.1. The average Bonchev–Trinajstić information content (AvgIpc) is 3.32. The van der Waals surface area contributed by atoms with Crippen molar-refractivity contribution in [1.29, 1.82) is 0 Å². The molecule has 3 aromatic carbocycles. The lowest BCUT2D eigenvalue weighted by atomic mass is 9.84. The molecule has 0 aromatic heterocycles. The van der Waals surface area contributed by atoms with E-state index in [4.69, 9.17) is 23.2 Å². The zero-order chi connectivity index (χ0) is 39.2. The highest BCUT2D eigenvalue weighted by Gasteiger charge is 2.47. The largest absolute Gasteiger partial charge is 0.491 e. The number of hydrogen-bond acceptors (Lipinski definition) is 6. The van der Waals surface area contributed by atoms with Crippen LogP contribution in [-0.2, 0) is 17.1 Å². The Bertz CT molecular complexity index is 1920. The van der Waals surface area contributed by atoms with Gasteiger partial charge in [0.2, 0.25) is 0 Å². The average molecular weight is 798 g/mol. The Balaban J connectivity index is 1.45. The Hall–Kier alpha value is -4.35. The van der Waals surface area contributed by atoms with E-state index in [1.165, 1.54) is 30.3 Å². The number of piperidine rings is 1. The number of hydrogen-bond donors (Lipinski definition) is 0. The van der Waals surface area contributed by atoms with Crippen LogP contribution in [0.1, 0.15) is 66.5 Å². The van der Waals surface area contributed by atoms with Gasteiger partial charge in [0.25, 0.3) is 17.7 Å². The van der Waals surface area contributed by atoms with Crippen LogP contribution in [0.25, 0.3) is 0 Å². The lowest BCUT2D eigenvalue weighted by Crippen LogP contribution is -2.51. The standard InChI is InChI=1S/C34H26Cl2F9N3O5/c1-46(28(49)21-14-18(32(37,38)39)15-23(33(40,41)42)27(21)53-31(52)34(43,44)45)26-9-12-47(16-22(26)17-7-8-24(35)25(36)13-17)10-4-11-48-29(50)19-5-2-3-6-20(19)30(48)51/h2-3,5-8,13-15,22,26H,4,9-12,16H2,1H3/t22-,26+/m0/s1. The van der Waals surface area contributed by atoms with Crippen LogP contribution in [0, 0.1) is 0 Å². The van der Waals surface area contributed by atoms with E-state index in [2.05, 4.69) is 4.74 Å². The molecule has 2 aliphatic heterocycles. The molecule has 0 radical (unpaired) electrons. The van der Waals surface area contributed by atoms with E-state index in [-0.39, 0.29) is 53.3 Å². The van der Waals surface area contributed by atoms with E-state index in [1.54, 1.807) is 12.1 Å². The van der Waals surface area contributed by atoms with Gasteiger partial charge in [-0.2, -0.15) is 39.5 Å². The number of likely N-dealkylation sites (tertiary alicyclic amines) is 1. The van der Waals surface area contributed by atoms with Gasteiger partial charge in [-0.05, 0) is 61.3 Å². The predicted molar refractivity (Wildman–Crippen MR) is 171 cm³/mol. The third kappa shape index (κ3) is 8.41. The van der Waals surface area contributed by atoms with Crippen LogP contribution in [0.5, 0.6) is 5.75 Å². The second-order valence-electron chi connectivity index (χ2n) is 12.3. The van der Waals surface area contributed by atoms with Gasteiger partial charge >= 0.3 is 24.5 Å². The second-order valence-corrected chi connectivity index (χ2v) is 13.1. The first-order valence-corrected chi connectivity index (χ1v) is 16.4. The number of esters is 1. The minimum absolute atomic E-state index is 0.0307. The third-order valence-corrected chi connectivity index (χ3v) is 9.70. The number of likely N-dealkylation sites (N-methyl/N-ethyl adjacent to an activating group) is 1. The number of fused-ring (bicyclic) bond motifs is 1. The molecule has 2 aliphatic rings. The molecule has 3 amide bonds. The zero-order valence-corrected chi connectivity index (χ0v) is 28.6. The predicted octanol–water partition coefficient (Wildman–Crippen LogP) is 8.12. The van der Waals surface area contributed by atoms with Gasteiger partial charge in [0.1, 0.15) is 0 Å². The fraction of sp³-hybridized carbons (Fsp3) is 0.353. The Morgan fingerprint density at radius 1 is 0.849 bits per heavy atom. The molecule has 0 aliphatic carbocycles. The SMILES string of the molecule is CN(C(=O)c1cc(C(F)(F)F)cc(C(F)(F)F)c1OC(=O)C(F)(F)F)[C@@H]1CCN(CCCN2C(=O)c3ccccc3C2=O)C[C@H]1c1ccc(Cl)c(Cl)c1. The van der Waals surface area contributed by atoms with Crippen LogP contribution in [0.3, 0.4) is 0 Å². The molecule has 1 fully saturated rings. The Morgan fingerprint density at radius 2 is 1.47 bits per heavy atom. The summed E-state index contributed by atoms with van der Waals surface area (Å²) in [4.78, 5) is 55.0. The van der Waals surface area contributed by atoms with E-state index in [0.717, 1.165) is 16.8 Å². The summed E-state index contributed by atoms with van der Waals surface area (Å²) in [6.07, 6.45) is -16.8. The number of alkyl halides is 9. The molecule has 284 valence electrons. The van der Waals surface area contributed by atoms with Crippen molar-refractivity contribution in [3.63, 3.8) is 0 Å². The van der Waals surface area contributed by atoms with E-state index in [0.29, 0.717) is 18.5 Å². The minimum atomic E-state index is -5.87. The van der Waals surface area contributed by atoms with Crippen molar-refractivity contribution < 1.29 is 63.4 Å². The quantitative estimate of drug-likeness (QED) is 0.0992. The van der Waals surface area contributed by atoms with E-state index in [9.17, 15) is 58.7 Å². The maximum atomic E-state index is 14.0. The Morgan fingerprint density at radius 3 is 2.02 bits per heavy atom. The summed E-state index contributed by atoms with van der Waals surface area (Å²) in [6.45, 7) is 0.650. The molecule has 3 aromatic rings. The molecular weight excluding hydrogens is 772 g/mol. The first kappa shape index (κ1) is 39.8. The molecule has 1 saturated heterocycles. The van der Waals surface area contributed by atoms with Gasteiger partial charge in [-0.3, -0.25) is 19.3 Å². The monoisotopic (exact) mass is 797 g/mol. The van der Waals surface area contributed by atoms with E-state index in [1.807, 2.05) is 4.90 Å². The topological polar surface area (TPSA) is 87.2 Å². The molecule has 0 N–H and O–H groups in total. The van der Waals surface area contributed by atoms with Crippen LogP contribution in [0.15, 0.2) is 54.6 Å². The summed E-state index contributed by atoms with van der Waals surface area (Å²) < 4.78 is 127. The summed E-state index contributed by atoms with van der Waals surface area (Å²) >= 11 is 12.3. The normalized spacial score (nSPS) is 18.3. The maximum Gasteiger partial charge on any atom is 0.491 e. The number of halogens is 11. The molecule has 0 bridgehead atoms. The molecule has 2 heterocycles. The van der Waals surface area contributed by atoms with Crippen LogP contribution in [-0.4, -0.2) is 83.8 Å². The summed E-state index contributed by atoms with van der Waals surface area (Å²) in [5.41, 5.74) is -5.05. The maximum absolute atomic E-state index is 14.0. The van der Waals surface area contributed by atoms with Crippen molar-refractivity contribution in [3.05, 3.63) is 98.0 Å². The van der Waals surface area contributed by atoms with Crippen molar-refractivity contribution in [3.8, 4) is 5.75 Å². The summed E-state index contributed by atoms with van der Waals surface area (Å²) in [5, 5.41) is 0.221. The first-order valence-electron chi connectivity index (χ1n) is 15.6. The minimum Gasteiger partial charge on any atom is -0.418 e. The van der Waals surface area contributed by atoms with Gasteiger partial charge in [0, 0.05) is 38.6 Å². The number of nitrogens with zero attached hydrogens (tertiary/aromatic N) is 3. The summed E-state index contributed by atoms with van der Waals surface area (Å²) in [5.74, 6) is -8.51. The second kappa shape index (κ2) is 14.8. The summed E-state index contributed by atoms with van der Waals surface area (Å²) in [6, 6.07) is 9.07. The fourth-order valence-electron chi connectivity index (χ4n) is 6.40. The molecule has 0 unspecified atom stereocenters. The number of carbonyl (C=O) groups is 4. The zero-order valence-electron chi connectivity index (χ0n) is 27.1. The molecule has 8 nitrogen and oxygen atoms in total. The number of amides is 3. The van der Waals surface area contributed by atoms with Gasteiger partial charge in [-0.25, -0.2) is 4.79 Å². The van der Waals surface area contributed by atoms with Gasteiger partial charge in [-0.15, -0.1) is 0 Å². The molecule has 2 atom stereocenters. The third-order valence-electron chi connectivity index (χ3n) is 8.96. The molecular formula is C34H26Cl2F9N3O5. The molecule has 5 rings (SSSR count). The summed E-state index contributed by atoms with van der Waals surface area (Å²) in [7, 11) is 1.04. The van der Waals surface area contributed by atoms with Crippen molar-refractivity contribution in [2.45, 2.75) is 43.3 Å². The lowest BCUT2D eigenvalue weighted by Gasteiger charge is -2.43. The van der Waals surface area contributed by atoms with Gasteiger partial charge in [0.05, 0.1) is 37.9 Å². The van der Waals surface area contributed by atoms with Crippen molar-refractivity contribution in [2.24, 2.45) is 0 Å². The number of carbonyl (C=O) groups excluding carboxylic acids is 4. The van der Waals surface area contributed by atoms with Gasteiger partial charge in [-0.1, -0.05) is 41.4 Å². The number of rotatable bonds is 8. The highest BCUT2D eigenvalue weighted by Crippen LogP contribution is 2.44. The van der Waals surface area contributed by atoms with Gasteiger partial charge in [0.15, 0.2) is 5.75 Å². The number of benzene rings is 3. The van der Waals surface area contributed by atoms with Crippen LogP contribution < -0.4 is 4.74 Å². The number of imide groups is 1. The van der Waals surface area contributed by atoms with Crippen molar-refractivity contribution in [1.82, 2.24) is 14.7 Å². The highest BCUT2D eigenvalue weighted by molar-refractivity contribution is 6.42. The van der Waals surface area contributed by atoms with Crippen LogP contribution >= 0.6 is 23.2 Å². The highest BCUT2D eigenvalue weighted by atomic mass is 35.5. The fourth-order valence-corrected chi connectivity index (χ4v) is 6.71. The number of ether oxygens (including phenoxy) is 1. The van der Waals surface area contributed by atoms with Crippen LogP contribution in [0.2, 0.25) is 10.0 Å². The smallest absolute Gasteiger partial charge is 0.418 e. The van der Waals surface area contributed by atoms with Crippen molar-refractivity contribution >= 4 is 46.9 Å². The van der Waals surface area contributed by atoms with E-state index >= 15 is 0 Å². The van der Waals surface area contributed by atoms with E-state index < -0.39 is 82.7 Å². The molecule has 0 saturated carbocycles. The molecule has 19 heteroatoms. The van der Waals surface area contributed by atoms with Crippen LogP contribution in [0.4, 0.5) is 39.5 Å². The molecule has 53 heavy (non-hydrogen) atoms. The van der Waals surface area contributed by atoms with Crippen molar-refractivity contribution in [2.75, 3.05) is 33.2 Å². The first-order chi connectivity index (χ1) is 24.6. The Labute approximate surface area is 305 Å².